The fourth-order valence-corrected chi connectivity index (χ4v) is 3.65. The van der Waals surface area contributed by atoms with Crippen LogP contribution in [-0.4, -0.2) is 43.7 Å². The molecular weight excluding hydrogens is 369 g/mol. The number of urea groups is 1. The molecule has 0 spiro atoms. The van der Waals surface area contributed by atoms with Gasteiger partial charge >= 0.3 is 6.03 Å². The van der Waals surface area contributed by atoms with Crippen molar-refractivity contribution in [1.82, 2.24) is 10.2 Å². The summed E-state index contributed by atoms with van der Waals surface area (Å²) in [6.07, 6.45) is 1.92. The number of carbonyl (C=O) groups excluding carboxylic acids is 1. The fraction of sp³-hybridized carbons (Fsp3) is 0.350. The van der Waals surface area contributed by atoms with Crippen molar-refractivity contribution in [2.45, 2.75) is 12.8 Å². The van der Waals surface area contributed by atoms with Gasteiger partial charge < -0.3 is 15.1 Å². The van der Waals surface area contributed by atoms with E-state index in [4.69, 9.17) is 23.2 Å². The summed E-state index contributed by atoms with van der Waals surface area (Å²) in [6.45, 7) is 3.61. The van der Waals surface area contributed by atoms with Gasteiger partial charge in [-0.3, -0.25) is 0 Å². The molecule has 2 aromatic rings. The highest BCUT2D eigenvalue weighted by molar-refractivity contribution is 6.35. The molecule has 1 aliphatic heterocycles. The highest BCUT2D eigenvalue weighted by Crippen LogP contribution is 2.26. The van der Waals surface area contributed by atoms with Gasteiger partial charge in [0.25, 0.3) is 0 Å². The van der Waals surface area contributed by atoms with E-state index in [1.165, 1.54) is 5.56 Å². The van der Waals surface area contributed by atoms with Crippen LogP contribution in [0.15, 0.2) is 48.5 Å². The molecular formula is C20H23Cl2N3O. The summed E-state index contributed by atoms with van der Waals surface area (Å²) >= 11 is 12.2. The van der Waals surface area contributed by atoms with Gasteiger partial charge in [0.2, 0.25) is 0 Å². The third-order valence-electron chi connectivity index (χ3n) is 4.54. The predicted molar refractivity (Wildman–Crippen MR) is 108 cm³/mol. The lowest BCUT2D eigenvalue weighted by atomic mass is 10.1. The van der Waals surface area contributed by atoms with Gasteiger partial charge in [-0.05, 0) is 36.6 Å². The molecule has 0 saturated carbocycles. The number of hydrogen-bond acceptors (Lipinski definition) is 2. The topological polar surface area (TPSA) is 35.6 Å². The van der Waals surface area contributed by atoms with Crippen LogP contribution in [0.5, 0.6) is 0 Å². The van der Waals surface area contributed by atoms with Crippen LogP contribution in [0, 0.1) is 0 Å². The molecule has 0 aromatic heterocycles. The minimum Gasteiger partial charge on any atom is -0.368 e. The quantitative estimate of drug-likeness (QED) is 0.763. The summed E-state index contributed by atoms with van der Waals surface area (Å²) in [5, 5.41) is 4.28. The number of hydrogen-bond donors (Lipinski definition) is 1. The van der Waals surface area contributed by atoms with Crippen molar-refractivity contribution in [1.29, 1.82) is 0 Å². The van der Waals surface area contributed by atoms with E-state index >= 15 is 0 Å². The average molecular weight is 392 g/mol. The van der Waals surface area contributed by atoms with E-state index in [1.54, 1.807) is 6.07 Å². The second-order valence-corrected chi connectivity index (χ2v) is 7.30. The molecule has 0 radical (unpaired) electrons. The second-order valence-electron chi connectivity index (χ2n) is 6.42. The molecule has 3 rings (SSSR count). The van der Waals surface area contributed by atoms with Crippen LogP contribution < -0.4 is 10.2 Å². The Bertz CT molecular complexity index is 711. The van der Waals surface area contributed by atoms with E-state index in [2.05, 4.69) is 22.3 Å². The maximum Gasteiger partial charge on any atom is 0.317 e. The van der Waals surface area contributed by atoms with Gasteiger partial charge in [-0.1, -0.05) is 53.5 Å². The first kappa shape index (κ1) is 18.9. The standard InChI is InChI=1S/C20H23Cl2N3O/c21-17-13-18(22)15-19(14-17)24-9-11-25(12-10-24)20(26)23-8-4-7-16-5-2-1-3-6-16/h1-3,5-6,13-15H,4,7-12H2,(H,23,26). The zero-order chi connectivity index (χ0) is 18.4. The summed E-state index contributed by atoms with van der Waals surface area (Å²) in [5.41, 5.74) is 2.31. The normalized spacial score (nSPS) is 14.4. The lowest BCUT2D eigenvalue weighted by Crippen LogP contribution is -2.52. The van der Waals surface area contributed by atoms with Gasteiger partial charge in [-0.15, -0.1) is 0 Å². The summed E-state index contributed by atoms with van der Waals surface area (Å²) in [6, 6.07) is 15.9. The highest BCUT2D eigenvalue weighted by atomic mass is 35.5. The Morgan fingerprint density at radius 2 is 1.62 bits per heavy atom. The minimum atomic E-state index is 0.0156. The van der Waals surface area contributed by atoms with Crippen molar-refractivity contribution < 1.29 is 4.79 Å². The Balaban J connectivity index is 1.40. The molecule has 4 nitrogen and oxygen atoms in total. The van der Waals surface area contributed by atoms with Gasteiger partial charge in [-0.2, -0.15) is 0 Å². The zero-order valence-electron chi connectivity index (χ0n) is 14.6. The van der Waals surface area contributed by atoms with Crippen LogP contribution in [0.4, 0.5) is 10.5 Å². The molecule has 1 saturated heterocycles. The number of carbonyl (C=O) groups is 1. The first-order valence-electron chi connectivity index (χ1n) is 8.89. The van der Waals surface area contributed by atoms with Gasteiger partial charge in [0, 0.05) is 48.5 Å². The van der Waals surface area contributed by atoms with Crippen molar-refractivity contribution in [3.05, 3.63) is 64.1 Å². The molecule has 26 heavy (non-hydrogen) atoms. The smallest absolute Gasteiger partial charge is 0.317 e. The van der Waals surface area contributed by atoms with Crippen LogP contribution in [-0.2, 0) is 6.42 Å². The zero-order valence-corrected chi connectivity index (χ0v) is 16.1. The summed E-state index contributed by atoms with van der Waals surface area (Å²) in [4.78, 5) is 16.4. The predicted octanol–water partition coefficient (Wildman–Crippen LogP) is 4.46. The van der Waals surface area contributed by atoms with Crippen molar-refractivity contribution >= 4 is 34.9 Å². The molecule has 2 amide bonds. The Morgan fingerprint density at radius 1 is 0.962 bits per heavy atom. The molecule has 6 heteroatoms. The third-order valence-corrected chi connectivity index (χ3v) is 4.98. The SMILES string of the molecule is O=C(NCCCc1ccccc1)N1CCN(c2cc(Cl)cc(Cl)c2)CC1. The molecule has 138 valence electrons. The van der Waals surface area contributed by atoms with Crippen LogP contribution in [0.3, 0.4) is 0 Å². The largest absolute Gasteiger partial charge is 0.368 e. The summed E-state index contributed by atoms with van der Waals surface area (Å²) < 4.78 is 0. The fourth-order valence-electron chi connectivity index (χ4n) is 3.13. The van der Waals surface area contributed by atoms with Gasteiger partial charge in [0.15, 0.2) is 0 Å². The number of aryl methyl sites for hydroxylation is 1. The average Bonchev–Trinajstić information content (AvgIpc) is 2.65. The maximum atomic E-state index is 12.3. The van der Waals surface area contributed by atoms with Crippen LogP contribution >= 0.6 is 23.2 Å². The van der Waals surface area contributed by atoms with Gasteiger partial charge in [-0.25, -0.2) is 4.79 Å². The number of nitrogens with one attached hydrogen (secondary N) is 1. The third kappa shape index (κ3) is 5.29. The molecule has 0 unspecified atom stereocenters. The number of piperazine rings is 1. The number of rotatable bonds is 5. The lowest BCUT2D eigenvalue weighted by molar-refractivity contribution is 0.194. The highest BCUT2D eigenvalue weighted by Gasteiger charge is 2.21. The number of anilines is 1. The Kier molecular flexibility index (Phi) is 6.64. The van der Waals surface area contributed by atoms with Crippen molar-refractivity contribution in [2.75, 3.05) is 37.6 Å². The van der Waals surface area contributed by atoms with E-state index in [-0.39, 0.29) is 6.03 Å². The summed E-state index contributed by atoms with van der Waals surface area (Å²) in [7, 11) is 0. The number of amides is 2. The Labute approximate surface area is 164 Å². The second kappa shape index (κ2) is 9.15. The number of nitrogens with zero attached hydrogens (tertiary/aromatic N) is 2. The van der Waals surface area contributed by atoms with Crippen LogP contribution in [0.2, 0.25) is 10.0 Å². The Morgan fingerprint density at radius 3 is 2.27 bits per heavy atom. The number of halogens is 2. The minimum absolute atomic E-state index is 0.0156. The monoisotopic (exact) mass is 391 g/mol. The van der Waals surface area contributed by atoms with Gasteiger partial charge in [0.05, 0.1) is 0 Å². The van der Waals surface area contributed by atoms with E-state index < -0.39 is 0 Å². The van der Waals surface area contributed by atoms with Crippen molar-refractivity contribution in [2.24, 2.45) is 0 Å². The van der Waals surface area contributed by atoms with Crippen LogP contribution in [0.25, 0.3) is 0 Å². The maximum absolute atomic E-state index is 12.3. The van der Waals surface area contributed by atoms with Crippen molar-refractivity contribution in [3.63, 3.8) is 0 Å². The first-order chi connectivity index (χ1) is 12.6. The lowest BCUT2D eigenvalue weighted by Gasteiger charge is -2.36. The Hall–Kier alpha value is -1.91. The van der Waals surface area contributed by atoms with E-state index in [1.807, 2.05) is 35.2 Å². The molecule has 1 aliphatic rings. The molecule has 1 heterocycles. The molecule has 1 fully saturated rings. The molecule has 0 bridgehead atoms. The van der Waals surface area contributed by atoms with Crippen LogP contribution in [0.1, 0.15) is 12.0 Å². The summed E-state index contributed by atoms with van der Waals surface area (Å²) in [5.74, 6) is 0. The van der Waals surface area contributed by atoms with Gasteiger partial charge in [0.1, 0.15) is 0 Å². The van der Waals surface area contributed by atoms with E-state index in [0.717, 1.165) is 31.6 Å². The van der Waals surface area contributed by atoms with E-state index in [9.17, 15) is 4.79 Å². The molecule has 2 aromatic carbocycles. The molecule has 0 aliphatic carbocycles. The van der Waals surface area contributed by atoms with E-state index in [0.29, 0.717) is 29.7 Å². The number of benzene rings is 2. The van der Waals surface area contributed by atoms with Crippen molar-refractivity contribution in [3.8, 4) is 0 Å². The molecule has 1 N–H and O–H groups in total. The molecule has 0 atom stereocenters. The first-order valence-corrected chi connectivity index (χ1v) is 9.65.